The molecule has 5 nitrogen and oxygen atoms in total. The monoisotopic (exact) mass is 280 g/mol. The maximum absolute atomic E-state index is 12.2. The normalized spacial score (nSPS) is 10.5. The maximum Gasteiger partial charge on any atom is 0.259 e. The van der Waals surface area contributed by atoms with Gasteiger partial charge in [-0.05, 0) is 35.7 Å². The van der Waals surface area contributed by atoms with Crippen LogP contribution in [0.4, 0.5) is 5.69 Å². The van der Waals surface area contributed by atoms with Gasteiger partial charge in [0.25, 0.3) is 5.91 Å². The number of amides is 1. The molecular weight excluding hydrogens is 268 g/mol. The van der Waals surface area contributed by atoms with Crippen molar-refractivity contribution in [1.82, 2.24) is 4.98 Å². The third-order valence-electron chi connectivity index (χ3n) is 3.16. The van der Waals surface area contributed by atoms with E-state index >= 15 is 0 Å². The second-order valence-corrected chi connectivity index (χ2v) is 4.56. The van der Waals surface area contributed by atoms with Gasteiger partial charge in [-0.1, -0.05) is 12.1 Å². The first kappa shape index (κ1) is 12.9. The van der Waals surface area contributed by atoms with Gasteiger partial charge in [-0.25, -0.2) is 0 Å². The van der Waals surface area contributed by atoms with Crippen LogP contribution in [-0.4, -0.2) is 21.1 Å². The van der Waals surface area contributed by atoms with E-state index < -0.39 is 5.91 Å². The minimum atomic E-state index is -0.500. The number of rotatable bonds is 2. The van der Waals surface area contributed by atoms with Crippen molar-refractivity contribution in [1.29, 1.82) is 0 Å². The Labute approximate surface area is 120 Å². The lowest BCUT2D eigenvalue weighted by atomic mass is 10.1. The molecular formula is C16H12N2O3. The summed E-state index contributed by atoms with van der Waals surface area (Å²) in [7, 11) is 0. The molecule has 0 unspecified atom stereocenters. The quantitative estimate of drug-likeness (QED) is 0.630. The summed E-state index contributed by atoms with van der Waals surface area (Å²) in [5, 5.41) is 23.6. The summed E-state index contributed by atoms with van der Waals surface area (Å²) in [6.07, 6.45) is 3.34. The number of anilines is 1. The van der Waals surface area contributed by atoms with Crippen LogP contribution in [0.2, 0.25) is 0 Å². The Kier molecular flexibility index (Phi) is 3.16. The van der Waals surface area contributed by atoms with E-state index in [2.05, 4.69) is 10.3 Å². The van der Waals surface area contributed by atoms with Crippen LogP contribution in [0, 0.1) is 0 Å². The Morgan fingerprint density at radius 2 is 1.95 bits per heavy atom. The van der Waals surface area contributed by atoms with Crippen LogP contribution in [0.15, 0.2) is 54.9 Å². The number of fused-ring (bicyclic) bond motifs is 1. The lowest BCUT2D eigenvalue weighted by Crippen LogP contribution is -2.12. The average molecular weight is 280 g/mol. The highest BCUT2D eigenvalue weighted by Crippen LogP contribution is 2.26. The molecule has 0 atom stereocenters. The number of hydrogen-bond donors (Lipinski definition) is 3. The number of nitrogens with zero attached hydrogens (tertiary/aromatic N) is 1. The van der Waals surface area contributed by atoms with E-state index in [1.54, 1.807) is 18.5 Å². The minimum absolute atomic E-state index is 0.0101. The Balaban J connectivity index is 1.99. The van der Waals surface area contributed by atoms with Crippen LogP contribution >= 0.6 is 0 Å². The highest BCUT2D eigenvalue weighted by molar-refractivity contribution is 6.10. The molecule has 1 amide bonds. The summed E-state index contributed by atoms with van der Waals surface area (Å²) < 4.78 is 0. The summed E-state index contributed by atoms with van der Waals surface area (Å²) in [6, 6.07) is 11.1. The highest BCUT2D eigenvalue weighted by atomic mass is 16.3. The van der Waals surface area contributed by atoms with Gasteiger partial charge in [0.05, 0.1) is 11.3 Å². The second kappa shape index (κ2) is 5.13. The fraction of sp³-hybridized carbons (Fsp3) is 0. The number of benzene rings is 2. The van der Waals surface area contributed by atoms with Gasteiger partial charge in [0.2, 0.25) is 0 Å². The van der Waals surface area contributed by atoms with Gasteiger partial charge in [0.15, 0.2) is 0 Å². The number of pyridine rings is 1. The molecule has 2 aromatic carbocycles. The number of phenols is 2. The summed E-state index contributed by atoms with van der Waals surface area (Å²) >= 11 is 0. The number of phenolic OH excluding ortho intramolecular Hbond substituents is 2. The zero-order chi connectivity index (χ0) is 14.8. The lowest BCUT2D eigenvalue weighted by molar-refractivity contribution is 0.102. The van der Waals surface area contributed by atoms with Crippen molar-refractivity contribution < 1.29 is 15.0 Å². The van der Waals surface area contributed by atoms with Crippen LogP contribution in [0.25, 0.3) is 10.8 Å². The third kappa shape index (κ3) is 2.49. The largest absolute Gasteiger partial charge is 0.508 e. The van der Waals surface area contributed by atoms with E-state index in [0.29, 0.717) is 5.69 Å². The van der Waals surface area contributed by atoms with Crippen molar-refractivity contribution in [2.24, 2.45) is 0 Å². The van der Waals surface area contributed by atoms with Crippen LogP contribution in [0.1, 0.15) is 10.4 Å². The number of carbonyl (C=O) groups is 1. The first-order valence-electron chi connectivity index (χ1n) is 6.31. The van der Waals surface area contributed by atoms with E-state index in [1.807, 2.05) is 18.2 Å². The molecule has 3 N–H and O–H groups in total. The number of carbonyl (C=O) groups excluding carboxylic acids is 1. The summed E-state index contributed by atoms with van der Waals surface area (Å²) in [5.41, 5.74) is 0.601. The zero-order valence-electron chi connectivity index (χ0n) is 10.9. The van der Waals surface area contributed by atoms with Gasteiger partial charge in [0.1, 0.15) is 11.5 Å². The van der Waals surface area contributed by atoms with E-state index in [1.165, 1.54) is 18.2 Å². The van der Waals surface area contributed by atoms with Crippen LogP contribution < -0.4 is 5.32 Å². The fourth-order valence-corrected chi connectivity index (χ4v) is 2.12. The van der Waals surface area contributed by atoms with Gasteiger partial charge in [-0.2, -0.15) is 0 Å². The Hall–Kier alpha value is -3.08. The molecule has 5 heteroatoms. The molecule has 104 valence electrons. The first-order valence-corrected chi connectivity index (χ1v) is 6.31. The number of hydrogen-bond acceptors (Lipinski definition) is 4. The lowest BCUT2D eigenvalue weighted by Gasteiger charge is -2.09. The summed E-state index contributed by atoms with van der Waals surface area (Å²) in [5.74, 6) is -0.777. The Morgan fingerprint density at radius 3 is 2.81 bits per heavy atom. The van der Waals surface area contributed by atoms with Crippen LogP contribution in [0.5, 0.6) is 11.5 Å². The van der Waals surface area contributed by atoms with Crippen molar-refractivity contribution >= 4 is 22.4 Å². The van der Waals surface area contributed by atoms with Gasteiger partial charge in [-0.3, -0.25) is 9.78 Å². The van der Waals surface area contributed by atoms with Gasteiger partial charge < -0.3 is 15.5 Å². The zero-order valence-corrected chi connectivity index (χ0v) is 10.9. The van der Waals surface area contributed by atoms with Crippen molar-refractivity contribution in [3.8, 4) is 11.5 Å². The van der Waals surface area contributed by atoms with Gasteiger partial charge >= 0.3 is 0 Å². The standard InChI is InChI=1S/C16H12N2O3/c19-11-4-5-15(20)12(8-11)16(21)18-14-3-1-2-10-6-7-17-9-13(10)14/h1-9,19-20H,(H,18,21). The molecule has 3 rings (SSSR count). The molecule has 0 aliphatic rings. The maximum atomic E-state index is 12.2. The molecule has 1 aromatic heterocycles. The number of aromatic nitrogens is 1. The van der Waals surface area contributed by atoms with Crippen LogP contribution in [-0.2, 0) is 0 Å². The number of aromatic hydroxyl groups is 2. The van der Waals surface area contributed by atoms with Crippen LogP contribution in [0.3, 0.4) is 0 Å². The summed E-state index contributed by atoms with van der Waals surface area (Å²) in [4.78, 5) is 16.3. The Morgan fingerprint density at radius 1 is 1.10 bits per heavy atom. The summed E-state index contributed by atoms with van der Waals surface area (Å²) in [6.45, 7) is 0. The van der Waals surface area contributed by atoms with Crippen molar-refractivity contribution in [2.75, 3.05) is 5.32 Å². The molecule has 0 fully saturated rings. The first-order chi connectivity index (χ1) is 10.1. The molecule has 0 saturated heterocycles. The number of nitrogens with one attached hydrogen (secondary N) is 1. The highest BCUT2D eigenvalue weighted by Gasteiger charge is 2.13. The topological polar surface area (TPSA) is 82.5 Å². The van der Waals surface area contributed by atoms with Crippen molar-refractivity contribution in [2.45, 2.75) is 0 Å². The van der Waals surface area contributed by atoms with Gasteiger partial charge in [0, 0.05) is 17.8 Å². The van der Waals surface area contributed by atoms with Gasteiger partial charge in [-0.15, -0.1) is 0 Å². The van der Waals surface area contributed by atoms with E-state index in [0.717, 1.165) is 10.8 Å². The molecule has 3 aromatic rings. The molecule has 0 aliphatic carbocycles. The van der Waals surface area contributed by atoms with E-state index in [9.17, 15) is 15.0 Å². The second-order valence-electron chi connectivity index (χ2n) is 4.56. The minimum Gasteiger partial charge on any atom is -0.508 e. The smallest absolute Gasteiger partial charge is 0.259 e. The fourth-order valence-electron chi connectivity index (χ4n) is 2.12. The molecule has 0 bridgehead atoms. The SMILES string of the molecule is O=C(Nc1cccc2ccncc12)c1cc(O)ccc1O. The van der Waals surface area contributed by atoms with E-state index in [-0.39, 0.29) is 17.1 Å². The molecule has 1 heterocycles. The predicted octanol–water partition coefficient (Wildman–Crippen LogP) is 2.90. The Bertz CT molecular complexity index is 825. The molecule has 0 radical (unpaired) electrons. The average Bonchev–Trinajstić information content (AvgIpc) is 2.50. The third-order valence-corrected chi connectivity index (χ3v) is 3.16. The van der Waals surface area contributed by atoms with Crippen molar-refractivity contribution in [3.63, 3.8) is 0 Å². The molecule has 0 saturated carbocycles. The molecule has 21 heavy (non-hydrogen) atoms. The molecule has 0 spiro atoms. The van der Waals surface area contributed by atoms with Crippen molar-refractivity contribution in [3.05, 3.63) is 60.4 Å². The molecule has 0 aliphatic heterocycles. The predicted molar refractivity (Wildman–Crippen MR) is 79.5 cm³/mol. The van der Waals surface area contributed by atoms with E-state index in [4.69, 9.17) is 0 Å².